The molecule has 6 heteroatoms. The van der Waals surface area contributed by atoms with Crippen LogP contribution in [-0.4, -0.2) is 43.1 Å². The van der Waals surface area contributed by atoms with Gasteiger partial charge < -0.3 is 15.0 Å². The fraction of sp³-hybridized carbons (Fsp3) is 0.538. The number of nitrogens with one attached hydrogen (secondary N) is 1. The number of hydrogen-bond donors (Lipinski definition) is 1. The van der Waals surface area contributed by atoms with Gasteiger partial charge in [0.15, 0.2) is 0 Å². The molecule has 106 valence electrons. The van der Waals surface area contributed by atoms with Gasteiger partial charge in [-0.1, -0.05) is 6.07 Å². The summed E-state index contributed by atoms with van der Waals surface area (Å²) in [7, 11) is 1.72. The zero-order valence-electron chi connectivity index (χ0n) is 11.5. The molecule has 0 saturated heterocycles. The second-order valence-electron chi connectivity index (χ2n) is 4.21. The van der Waals surface area contributed by atoms with Crippen LogP contribution in [0.4, 0.5) is 4.79 Å². The highest BCUT2D eigenvalue weighted by Crippen LogP contribution is 2.13. The lowest BCUT2D eigenvalue weighted by Gasteiger charge is -2.24. The van der Waals surface area contributed by atoms with Crippen molar-refractivity contribution < 1.29 is 14.3 Å². The first-order chi connectivity index (χ1) is 9.04. The van der Waals surface area contributed by atoms with Crippen molar-refractivity contribution in [3.63, 3.8) is 0 Å². The van der Waals surface area contributed by atoms with E-state index in [1.54, 1.807) is 30.2 Å². The molecule has 5 nitrogen and oxygen atoms in total. The summed E-state index contributed by atoms with van der Waals surface area (Å²) in [5, 5.41) is 4.56. The Bertz CT molecular complexity index is 406. The van der Waals surface area contributed by atoms with Crippen molar-refractivity contribution in [2.75, 3.05) is 20.2 Å². The molecule has 0 fully saturated rings. The van der Waals surface area contributed by atoms with Crippen LogP contribution in [0.25, 0.3) is 0 Å². The minimum atomic E-state index is -0.421. The summed E-state index contributed by atoms with van der Waals surface area (Å²) in [6.45, 7) is 3.93. The maximum atomic E-state index is 11.8. The van der Waals surface area contributed by atoms with E-state index in [0.29, 0.717) is 6.61 Å². The number of carbonyl (C=O) groups is 2. The Hall–Kier alpha value is -1.56. The van der Waals surface area contributed by atoms with E-state index in [2.05, 4.69) is 5.32 Å². The van der Waals surface area contributed by atoms with Gasteiger partial charge in [0.05, 0.1) is 6.61 Å². The van der Waals surface area contributed by atoms with Gasteiger partial charge in [-0.3, -0.25) is 4.79 Å². The van der Waals surface area contributed by atoms with Crippen LogP contribution in [-0.2, 0) is 16.0 Å². The molecule has 0 bridgehead atoms. The van der Waals surface area contributed by atoms with Crippen molar-refractivity contribution in [1.29, 1.82) is 0 Å². The summed E-state index contributed by atoms with van der Waals surface area (Å²) in [5.41, 5.74) is 0. The minimum Gasteiger partial charge on any atom is -0.465 e. The summed E-state index contributed by atoms with van der Waals surface area (Å²) in [4.78, 5) is 25.8. The third-order valence-corrected chi connectivity index (χ3v) is 3.65. The van der Waals surface area contributed by atoms with Gasteiger partial charge >= 0.3 is 12.0 Å². The molecule has 0 radical (unpaired) electrons. The average Bonchev–Trinajstić information content (AvgIpc) is 2.88. The Labute approximate surface area is 117 Å². The van der Waals surface area contributed by atoms with E-state index in [1.807, 2.05) is 24.4 Å². The van der Waals surface area contributed by atoms with Crippen LogP contribution in [0.3, 0.4) is 0 Å². The largest absolute Gasteiger partial charge is 0.465 e. The Morgan fingerprint density at radius 1 is 1.53 bits per heavy atom. The van der Waals surface area contributed by atoms with E-state index in [1.165, 1.54) is 4.88 Å². The minimum absolute atomic E-state index is 0.0702. The van der Waals surface area contributed by atoms with Crippen molar-refractivity contribution >= 4 is 23.3 Å². The summed E-state index contributed by atoms with van der Waals surface area (Å²) >= 11 is 1.67. The molecule has 0 aliphatic heterocycles. The van der Waals surface area contributed by atoms with Crippen molar-refractivity contribution in [2.24, 2.45) is 0 Å². The first kappa shape index (κ1) is 15.5. The number of ether oxygens (including phenoxy) is 1. The van der Waals surface area contributed by atoms with Crippen molar-refractivity contribution in [2.45, 2.75) is 26.3 Å². The number of nitrogens with zero attached hydrogens (tertiary/aromatic N) is 1. The van der Waals surface area contributed by atoms with Gasteiger partial charge in [-0.2, -0.15) is 0 Å². The fourth-order valence-corrected chi connectivity index (χ4v) is 2.37. The summed E-state index contributed by atoms with van der Waals surface area (Å²) in [5.74, 6) is -0.421. The van der Waals surface area contributed by atoms with Gasteiger partial charge in [-0.15, -0.1) is 11.3 Å². The molecule has 1 aromatic rings. The first-order valence-corrected chi connectivity index (χ1v) is 7.11. The van der Waals surface area contributed by atoms with Crippen molar-refractivity contribution in [3.05, 3.63) is 22.4 Å². The van der Waals surface area contributed by atoms with Crippen LogP contribution in [0.2, 0.25) is 0 Å². The number of urea groups is 1. The monoisotopic (exact) mass is 284 g/mol. The highest BCUT2D eigenvalue weighted by molar-refractivity contribution is 7.09. The topological polar surface area (TPSA) is 58.6 Å². The zero-order valence-corrected chi connectivity index (χ0v) is 12.3. The van der Waals surface area contributed by atoms with E-state index < -0.39 is 5.97 Å². The van der Waals surface area contributed by atoms with Crippen LogP contribution < -0.4 is 5.32 Å². The fourth-order valence-electron chi connectivity index (χ4n) is 1.54. The molecule has 0 aliphatic carbocycles. The number of amides is 2. The number of likely N-dealkylation sites (N-methyl/N-ethyl adjacent to an activating group) is 1. The highest BCUT2D eigenvalue weighted by Gasteiger charge is 2.17. The summed E-state index contributed by atoms with van der Waals surface area (Å²) in [6, 6.07) is 3.84. The number of hydrogen-bond acceptors (Lipinski definition) is 4. The molecule has 0 saturated carbocycles. The van der Waals surface area contributed by atoms with E-state index in [9.17, 15) is 9.59 Å². The SMILES string of the molecule is CCOC(=O)CNC(=O)N(C)C(C)Cc1cccs1. The smallest absolute Gasteiger partial charge is 0.325 e. The predicted octanol–water partition coefficient (Wildman–Crippen LogP) is 1.88. The molecular formula is C13H20N2O3S. The van der Waals surface area contributed by atoms with Gasteiger partial charge in [0.2, 0.25) is 0 Å². The van der Waals surface area contributed by atoms with Crippen molar-refractivity contribution in [3.8, 4) is 0 Å². The molecular weight excluding hydrogens is 264 g/mol. The maximum Gasteiger partial charge on any atom is 0.325 e. The molecule has 1 N–H and O–H groups in total. The summed E-state index contributed by atoms with van der Waals surface area (Å²) in [6.07, 6.45) is 0.807. The molecule has 1 atom stereocenters. The molecule has 1 rings (SSSR count). The quantitative estimate of drug-likeness (QED) is 0.811. The van der Waals surface area contributed by atoms with Crippen LogP contribution in [0.1, 0.15) is 18.7 Å². The third kappa shape index (κ3) is 5.30. The van der Waals surface area contributed by atoms with Crippen LogP contribution in [0, 0.1) is 0 Å². The van der Waals surface area contributed by atoms with E-state index in [0.717, 1.165) is 6.42 Å². The molecule has 0 aliphatic rings. The van der Waals surface area contributed by atoms with Crippen LogP contribution in [0.15, 0.2) is 17.5 Å². The molecule has 0 aromatic carbocycles. The lowest BCUT2D eigenvalue weighted by molar-refractivity contribution is -0.141. The maximum absolute atomic E-state index is 11.8. The lowest BCUT2D eigenvalue weighted by Crippen LogP contribution is -2.44. The normalized spacial score (nSPS) is 11.7. The van der Waals surface area contributed by atoms with Gasteiger partial charge in [0.25, 0.3) is 0 Å². The van der Waals surface area contributed by atoms with Gasteiger partial charge in [-0.25, -0.2) is 4.79 Å². The van der Waals surface area contributed by atoms with Crippen molar-refractivity contribution in [1.82, 2.24) is 10.2 Å². The molecule has 1 aromatic heterocycles. The predicted molar refractivity (Wildman–Crippen MR) is 75.3 cm³/mol. The van der Waals surface area contributed by atoms with Gasteiger partial charge in [0, 0.05) is 24.4 Å². The third-order valence-electron chi connectivity index (χ3n) is 2.75. The average molecular weight is 284 g/mol. The molecule has 19 heavy (non-hydrogen) atoms. The lowest BCUT2D eigenvalue weighted by atomic mass is 10.2. The second-order valence-corrected chi connectivity index (χ2v) is 5.24. The highest BCUT2D eigenvalue weighted by atomic mass is 32.1. The molecule has 0 spiro atoms. The summed E-state index contributed by atoms with van der Waals surface area (Å²) < 4.78 is 4.75. The number of esters is 1. The van der Waals surface area contributed by atoms with Crippen LogP contribution >= 0.6 is 11.3 Å². The Kier molecular flexibility index (Phi) is 6.35. The Balaban J connectivity index is 2.36. The molecule has 1 heterocycles. The second kappa shape index (κ2) is 7.78. The van der Waals surface area contributed by atoms with Crippen LogP contribution in [0.5, 0.6) is 0 Å². The van der Waals surface area contributed by atoms with E-state index >= 15 is 0 Å². The first-order valence-electron chi connectivity index (χ1n) is 6.23. The number of thiophene rings is 1. The molecule has 1 unspecified atom stereocenters. The Morgan fingerprint density at radius 3 is 2.84 bits per heavy atom. The number of rotatable bonds is 6. The van der Waals surface area contributed by atoms with E-state index in [4.69, 9.17) is 4.74 Å². The Morgan fingerprint density at radius 2 is 2.26 bits per heavy atom. The number of carbonyl (C=O) groups excluding carboxylic acids is 2. The van der Waals surface area contributed by atoms with Gasteiger partial charge in [0.1, 0.15) is 6.54 Å². The van der Waals surface area contributed by atoms with E-state index in [-0.39, 0.29) is 18.6 Å². The zero-order chi connectivity index (χ0) is 14.3. The molecule has 2 amide bonds. The standard InChI is InChI=1S/C13H20N2O3S/c1-4-18-12(16)9-14-13(17)15(3)10(2)8-11-6-5-7-19-11/h5-7,10H,4,8-9H2,1-3H3,(H,14,17). The van der Waals surface area contributed by atoms with Gasteiger partial charge in [-0.05, 0) is 25.3 Å².